The number of benzene rings is 1. The van der Waals surface area contributed by atoms with E-state index >= 15 is 0 Å². The standard InChI is InChI=1S/C19H31N3O2S/c1-19(2,3)17-12-16(15-21-8-10-25(23,24)11-9-21)13-18(14-17)22-6-4-20-5-7-22/h12-14,20H,4-11,15H2,1-3H3. The van der Waals surface area contributed by atoms with Crippen molar-refractivity contribution < 1.29 is 8.42 Å². The molecule has 2 aliphatic rings. The van der Waals surface area contributed by atoms with Crippen molar-refractivity contribution in [2.75, 3.05) is 55.7 Å². The largest absolute Gasteiger partial charge is 0.369 e. The Hall–Kier alpha value is -1.11. The zero-order valence-electron chi connectivity index (χ0n) is 15.7. The number of sulfone groups is 1. The van der Waals surface area contributed by atoms with Gasteiger partial charge in [-0.3, -0.25) is 4.90 Å². The van der Waals surface area contributed by atoms with Gasteiger partial charge in [-0.2, -0.15) is 0 Å². The smallest absolute Gasteiger partial charge is 0.152 e. The van der Waals surface area contributed by atoms with Gasteiger partial charge in [0.05, 0.1) is 11.5 Å². The Kier molecular flexibility index (Phi) is 5.42. The van der Waals surface area contributed by atoms with E-state index in [9.17, 15) is 8.42 Å². The highest BCUT2D eigenvalue weighted by molar-refractivity contribution is 7.91. The summed E-state index contributed by atoms with van der Waals surface area (Å²) in [5.41, 5.74) is 4.04. The summed E-state index contributed by atoms with van der Waals surface area (Å²) in [6, 6.07) is 6.92. The summed E-state index contributed by atoms with van der Waals surface area (Å²) in [5, 5.41) is 3.41. The van der Waals surface area contributed by atoms with Crippen molar-refractivity contribution >= 4 is 15.5 Å². The number of hydrogen-bond donors (Lipinski definition) is 1. The predicted molar refractivity (Wildman–Crippen MR) is 104 cm³/mol. The van der Waals surface area contributed by atoms with Gasteiger partial charge in [0, 0.05) is 51.5 Å². The molecule has 2 heterocycles. The quantitative estimate of drug-likeness (QED) is 0.882. The van der Waals surface area contributed by atoms with Crippen LogP contribution in [0.2, 0.25) is 0 Å². The number of hydrogen-bond acceptors (Lipinski definition) is 5. The second kappa shape index (κ2) is 7.25. The molecule has 0 aliphatic carbocycles. The van der Waals surface area contributed by atoms with Crippen LogP contribution in [0.3, 0.4) is 0 Å². The summed E-state index contributed by atoms with van der Waals surface area (Å²) in [5.74, 6) is 0.577. The molecule has 0 atom stereocenters. The van der Waals surface area contributed by atoms with Gasteiger partial charge < -0.3 is 10.2 Å². The summed E-state index contributed by atoms with van der Waals surface area (Å²) in [4.78, 5) is 4.72. The van der Waals surface area contributed by atoms with Crippen molar-refractivity contribution in [1.82, 2.24) is 10.2 Å². The third kappa shape index (κ3) is 4.96. The topological polar surface area (TPSA) is 52.7 Å². The molecule has 3 rings (SSSR count). The van der Waals surface area contributed by atoms with E-state index in [0.29, 0.717) is 13.1 Å². The van der Waals surface area contributed by atoms with E-state index in [-0.39, 0.29) is 16.9 Å². The van der Waals surface area contributed by atoms with Gasteiger partial charge >= 0.3 is 0 Å². The average molecular weight is 366 g/mol. The van der Waals surface area contributed by atoms with Crippen LogP contribution in [0.15, 0.2) is 18.2 Å². The van der Waals surface area contributed by atoms with Gasteiger partial charge in [0.1, 0.15) is 0 Å². The Morgan fingerprint density at radius 1 is 1.00 bits per heavy atom. The molecular weight excluding hydrogens is 334 g/mol. The zero-order valence-corrected chi connectivity index (χ0v) is 16.5. The van der Waals surface area contributed by atoms with Gasteiger partial charge in [0.15, 0.2) is 9.84 Å². The van der Waals surface area contributed by atoms with Gasteiger partial charge in [0.25, 0.3) is 0 Å². The highest BCUT2D eigenvalue weighted by Crippen LogP contribution is 2.29. The molecule has 1 N–H and O–H groups in total. The first-order chi connectivity index (χ1) is 11.7. The van der Waals surface area contributed by atoms with E-state index in [2.05, 4.69) is 54.1 Å². The van der Waals surface area contributed by atoms with Crippen LogP contribution in [0.1, 0.15) is 31.9 Å². The Morgan fingerprint density at radius 3 is 2.24 bits per heavy atom. The molecule has 0 aromatic heterocycles. The first-order valence-electron chi connectivity index (χ1n) is 9.26. The molecule has 25 heavy (non-hydrogen) atoms. The summed E-state index contributed by atoms with van der Waals surface area (Å²) < 4.78 is 23.3. The number of piperazine rings is 1. The molecule has 0 amide bonds. The molecule has 2 saturated heterocycles. The second-order valence-corrected chi connectivity index (χ2v) is 10.6. The van der Waals surface area contributed by atoms with Gasteiger partial charge in [-0.05, 0) is 28.7 Å². The van der Waals surface area contributed by atoms with E-state index < -0.39 is 9.84 Å². The molecule has 2 aliphatic heterocycles. The molecule has 6 heteroatoms. The van der Waals surface area contributed by atoms with Gasteiger partial charge in [0.2, 0.25) is 0 Å². The van der Waals surface area contributed by atoms with Crippen LogP contribution in [-0.4, -0.2) is 64.1 Å². The van der Waals surface area contributed by atoms with Crippen molar-refractivity contribution in [2.24, 2.45) is 0 Å². The Balaban J connectivity index is 1.82. The average Bonchev–Trinajstić information content (AvgIpc) is 2.57. The van der Waals surface area contributed by atoms with Gasteiger partial charge in [-0.15, -0.1) is 0 Å². The number of nitrogens with one attached hydrogen (secondary N) is 1. The van der Waals surface area contributed by atoms with E-state index in [1.54, 1.807) is 0 Å². The van der Waals surface area contributed by atoms with Gasteiger partial charge in [-0.25, -0.2) is 8.42 Å². The van der Waals surface area contributed by atoms with E-state index in [0.717, 1.165) is 32.7 Å². The van der Waals surface area contributed by atoms with Crippen LogP contribution in [0.25, 0.3) is 0 Å². The minimum absolute atomic E-state index is 0.101. The Bertz CT molecular complexity index is 690. The lowest BCUT2D eigenvalue weighted by Crippen LogP contribution is -2.43. The molecule has 5 nitrogen and oxygen atoms in total. The fourth-order valence-electron chi connectivity index (χ4n) is 3.47. The van der Waals surface area contributed by atoms with Crippen LogP contribution in [0.5, 0.6) is 0 Å². The lowest BCUT2D eigenvalue weighted by Gasteiger charge is -2.32. The molecule has 0 spiro atoms. The summed E-state index contributed by atoms with van der Waals surface area (Å²) in [7, 11) is -2.82. The molecular formula is C19H31N3O2S. The van der Waals surface area contributed by atoms with Crippen LogP contribution in [0, 0.1) is 0 Å². The van der Waals surface area contributed by atoms with Crippen molar-refractivity contribution in [2.45, 2.75) is 32.7 Å². The lowest BCUT2D eigenvalue weighted by molar-refractivity contribution is 0.287. The molecule has 0 saturated carbocycles. The molecule has 1 aromatic rings. The van der Waals surface area contributed by atoms with E-state index in [1.807, 2.05) is 0 Å². The maximum atomic E-state index is 11.7. The monoisotopic (exact) mass is 365 g/mol. The third-order valence-corrected chi connectivity index (χ3v) is 6.78. The fourth-order valence-corrected chi connectivity index (χ4v) is 4.75. The summed E-state index contributed by atoms with van der Waals surface area (Å²) in [6.07, 6.45) is 0. The minimum Gasteiger partial charge on any atom is -0.369 e. The number of rotatable bonds is 3. The van der Waals surface area contributed by atoms with Gasteiger partial charge in [-0.1, -0.05) is 26.8 Å². The fraction of sp³-hybridized carbons (Fsp3) is 0.684. The molecule has 1 aromatic carbocycles. The summed E-state index contributed by atoms with van der Waals surface area (Å²) in [6.45, 7) is 13.0. The van der Waals surface area contributed by atoms with E-state index in [1.165, 1.54) is 16.8 Å². The van der Waals surface area contributed by atoms with Crippen molar-refractivity contribution in [1.29, 1.82) is 0 Å². The normalized spacial score (nSPS) is 22.1. The minimum atomic E-state index is -2.82. The lowest BCUT2D eigenvalue weighted by atomic mass is 9.85. The Morgan fingerprint density at radius 2 is 1.64 bits per heavy atom. The third-order valence-electron chi connectivity index (χ3n) is 5.17. The first kappa shape index (κ1) is 18.7. The highest BCUT2D eigenvalue weighted by atomic mass is 32.2. The van der Waals surface area contributed by atoms with Crippen LogP contribution in [-0.2, 0) is 21.8 Å². The van der Waals surface area contributed by atoms with E-state index in [4.69, 9.17) is 0 Å². The number of anilines is 1. The zero-order chi connectivity index (χ0) is 18.1. The molecule has 140 valence electrons. The molecule has 0 radical (unpaired) electrons. The SMILES string of the molecule is CC(C)(C)c1cc(CN2CCS(=O)(=O)CC2)cc(N2CCNCC2)c1. The van der Waals surface area contributed by atoms with Crippen molar-refractivity contribution in [3.8, 4) is 0 Å². The van der Waals surface area contributed by atoms with Crippen molar-refractivity contribution in [3.05, 3.63) is 29.3 Å². The van der Waals surface area contributed by atoms with Crippen LogP contribution < -0.4 is 10.2 Å². The predicted octanol–water partition coefficient (Wildman–Crippen LogP) is 1.62. The molecule has 0 unspecified atom stereocenters. The molecule has 2 fully saturated rings. The highest BCUT2D eigenvalue weighted by Gasteiger charge is 2.23. The summed E-state index contributed by atoms with van der Waals surface area (Å²) >= 11 is 0. The maximum Gasteiger partial charge on any atom is 0.152 e. The maximum absolute atomic E-state index is 11.7. The molecule has 0 bridgehead atoms. The van der Waals surface area contributed by atoms with Crippen molar-refractivity contribution in [3.63, 3.8) is 0 Å². The second-order valence-electron chi connectivity index (χ2n) is 8.30. The van der Waals surface area contributed by atoms with Crippen LogP contribution in [0.4, 0.5) is 5.69 Å². The first-order valence-corrected chi connectivity index (χ1v) is 11.1. The number of nitrogens with zero attached hydrogens (tertiary/aromatic N) is 2. The Labute approximate surface area is 152 Å². The van der Waals surface area contributed by atoms with Crippen LogP contribution >= 0.6 is 0 Å².